The molecule has 10 heteroatoms. The summed E-state index contributed by atoms with van der Waals surface area (Å²) in [6, 6.07) is 11.6. The molecule has 0 spiro atoms. The van der Waals surface area contributed by atoms with Crippen LogP contribution < -0.4 is 4.72 Å². The first-order valence-corrected chi connectivity index (χ1v) is 11.7. The Kier molecular flexibility index (Phi) is 4.96. The van der Waals surface area contributed by atoms with Gasteiger partial charge in [0.2, 0.25) is 20.0 Å². The van der Waals surface area contributed by atoms with Crippen molar-refractivity contribution in [3.63, 3.8) is 0 Å². The van der Waals surface area contributed by atoms with E-state index in [9.17, 15) is 21.2 Å². The van der Waals surface area contributed by atoms with Crippen molar-refractivity contribution in [3.8, 4) is 0 Å². The van der Waals surface area contributed by atoms with Crippen LogP contribution in [0.3, 0.4) is 0 Å². The lowest BCUT2D eigenvalue weighted by Crippen LogP contribution is -2.26. The van der Waals surface area contributed by atoms with Gasteiger partial charge in [-0.3, -0.25) is 4.72 Å². The molecule has 3 rings (SSSR count). The van der Waals surface area contributed by atoms with Gasteiger partial charge in [-0.05, 0) is 12.1 Å². The van der Waals surface area contributed by atoms with Crippen LogP contribution in [0.1, 0.15) is 23.6 Å². The lowest BCUT2D eigenvalue weighted by atomic mass is 9.98. The highest BCUT2D eigenvalue weighted by molar-refractivity contribution is 7.92. The molecule has 2 aromatic carbocycles. The van der Waals surface area contributed by atoms with E-state index in [4.69, 9.17) is 0 Å². The zero-order valence-electron chi connectivity index (χ0n) is 14.6. The van der Waals surface area contributed by atoms with Crippen LogP contribution in [0.4, 0.5) is 10.1 Å². The zero-order chi connectivity index (χ0) is 19.8. The lowest BCUT2D eigenvalue weighted by Gasteiger charge is -2.21. The first-order chi connectivity index (χ1) is 12.6. The summed E-state index contributed by atoms with van der Waals surface area (Å²) in [6.45, 7) is 0. The van der Waals surface area contributed by atoms with E-state index in [1.807, 2.05) is 0 Å². The molecule has 0 bridgehead atoms. The first-order valence-electron chi connectivity index (χ1n) is 7.95. The summed E-state index contributed by atoms with van der Waals surface area (Å²) in [5, 5.41) is 4.18. The van der Waals surface area contributed by atoms with Crippen molar-refractivity contribution in [2.24, 2.45) is 5.10 Å². The molecule has 1 N–H and O–H groups in total. The molecule has 0 fully saturated rings. The van der Waals surface area contributed by atoms with Crippen molar-refractivity contribution < 1.29 is 21.2 Å². The van der Waals surface area contributed by atoms with E-state index in [0.717, 1.165) is 16.9 Å². The van der Waals surface area contributed by atoms with Gasteiger partial charge in [0.1, 0.15) is 5.82 Å². The smallest absolute Gasteiger partial charge is 0.247 e. The average Bonchev–Trinajstić information content (AvgIpc) is 2.99. The SMILES string of the molecule is CS(=O)(=O)Nc1ccccc1C1=NN(S(C)(=O)=O)[C@@H](c2ccccc2F)C1. The van der Waals surface area contributed by atoms with Crippen molar-refractivity contribution in [2.75, 3.05) is 17.2 Å². The van der Waals surface area contributed by atoms with E-state index in [1.54, 1.807) is 30.3 Å². The third kappa shape index (κ3) is 4.28. The van der Waals surface area contributed by atoms with Gasteiger partial charge in [0.25, 0.3) is 0 Å². The number of halogens is 1. The van der Waals surface area contributed by atoms with Crippen LogP contribution >= 0.6 is 0 Å². The molecular formula is C17H18FN3O4S2. The molecule has 0 radical (unpaired) electrons. The highest BCUT2D eigenvalue weighted by Gasteiger charge is 2.36. The van der Waals surface area contributed by atoms with E-state index in [-0.39, 0.29) is 17.7 Å². The fourth-order valence-electron chi connectivity index (χ4n) is 2.96. The second-order valence-corrected chi connectivity index (χ2v) is 9.83. The molecule has 7 nitrogen and oxygen atoms in total. The predicted octanol–water partition coefficient (Wildman–Crippen LogP) is 2.31. The third-order valence-electron chi connectivity index (χ3n) is 4.01. The number of anilines is 1. The molecule has 0 saturated heterocycles. The van der Waals surface area contributed by atoms with Gasteiger partial charge in [-0.15, -0.1) is 0 Å². The Bertz CT molecular complexity index is 1110. The molecule has 1 aliphatic heterocycles. The van der Waals surface area contributed by atoms with Gasteiger partial charge >= 0.3 is 0 Å². The van der Waals surface area contributed by atoms with Crippen molar-refractivity contribution >= 4 is 31.4 Å². The van der Waals surface area contributed by atoms with Crippen LogP contribution in [0.15, 0.2) is 53.6 Å². The monoisotopic (exact) mass is 411 g/mol. The molecule has 0 unspecified atom stereocenters. The van der Waals surface area contributed by atoms with Crippen LogP contribution in [0, 0.1) is 5.82 Å². The van der Waals surface area contributed by atoms with E-state index in [2.05, 4.69) is 9.82 Å². The molecule has 144 valence electrons. The van der Waals surface area contributed by atoms with E-state index >= 15 is 0 Å². The summed E-state index contributed by atoms with van der Waals surface area (Å²) in [4.78, 5) is 0. The Labute approximate surface area is 157 Å². The number of sulfonamides is 2. The molecule has 0 amide bonds. The van der Waals surface area contributed by atoms with Gasteiger partial charge in [0, 0.05) is 17.5 Å². The van der Waals surface area contributed by atoms with E-state index < -0.39 is 31.9 Å². The van der Waals surface area contributed by atoms with Crippen LogP contribution in [0.25, 0.3) is 0 Å². The molecule has 0 aliphatic carbocycles. The normalized spacial score (nSPS) is 17.7. The van der Waals surface area contributed by atoms with E-state index in [1.165, 1.54) is 18.2 Å². The molecule has 0 saturated carbocycles. The minimum Gasteiger partial charge on any atom is -0.283 e. The third-order valence-corrected chi connectivity index (χ3v) is 5.62. The van der Waals surface area contributed by atoms with Crippen molar-refractivity contribution in [1.29, 1.82) is 0 Å². The fourth-order valence-corrected chi connectivity index (χ4v) is 4.43. The highest BCUT2D eigenvalue weighted by atomic mass is 32.2. The van der Waals surface area contributed by atoms with Crippen molar-refractivity contribution in [3.05, 3.63) is 65.5 Å². The Morgan fingerprint density at radius 3 is 2.30 bits per heavy atom. The average molecular weight is 411 g/mol. The Balaban J connectivity index is 2.08. The molecule has 2 aromatic rings. The minimum absolute atomic E-state index is 0.108. The van der Waals surface area contributed by atoms with Gasteiger partial charge in [-0.1, -0.05) is 36.4 Å². The number of hydrogen-bond donors (Lipinski definition) is 1. The molecular weight excluding hydrogens is 393 g/mol. The Morgan fingerprint density at radius 2 is 1.67 bits per heavy atom. The quantitative estimate of drug-likeness (QED) is 0.817. The van der Waals surface area contributed by atoms with Crippen LogP contribution in [0.2, 0.25) is 0 Å². The van der Waals surface area contributed by atoms with Gasteiger partial charge < -0.3 is 0 Å². The second kappa shape index (κ2) is 6.93. The summed E-state index contributed by atoms with van der Waals surface area (Å²) in [7, 11) is -7.31. The maximum atomic E-state index is 14.3. The number of hydrogen-bond acceptors (Lipinski definition) is 5. The topological polar surface area (TPSA) is 95.9 Å². The number of nitrogens with zero attached hydrogens (tertiary/aromatic N) is 2. The van der Waals surface area contributed by atoms with Gasteiger partial charge in [0.15, 0.2) is 0 Å². The Hall–Kier alpha value is -2.46. The number of para-hydroxylation sites is 1. The first kappa shape index (κ1) is 19.3. The summed E-state index contributed by atoms with van der Waals surface area (Å²) in [6.07, 6.45) is 2.12. The highest BCUT2D eigenvalue weighted by Crippen LogP contribution is 2.37. The minimum atomic E-state index is -3.77. The summed E-state index contributed by atoms with van der Waals surface area (Å²) < 4.78 is 65.2. The number of rotatable bonds is 5. The molecule has 27 heavy (non-hydrogen) atoms. The van der Waals surface area contributed by atoms with Crippen molar-refractivity contribution in [2.45, 2.75) is 12.5 Å². The number of nitrogens with one attached hydrogen (secondary N) is 1. The van der Waals surface area contributed by atoms with Gasteiger partial charge in [0.05, 0.1) is 30.0 Å². The second-order valence-electron chi connectivity index (χ2n) is 6.24. The van der Waals surface area contributed by atoms with E-state index in [0.29, 0.717) is 11.3 Å². The molecule has 1 atom stereocenters. The number of hydrazone groups is 1. The molecule has 1 aliphatic rings. The maximum absolute atomic E-state index is 14.3. The summed E-state index contributed by atoms with van der Waals surface area (Å²) >= 11 is 0. The zero-order valence-corrected chi connectivity index (χ0v) is 16.3. The standard InChI is InChI=1S/C17H18FN3O4S2/c1-26(22,23)20-15-10-6-4-8-13(15)16-11-17(21(19-16)27(2,24)25)12-7-3-5-9-14(12)18/h3-10,17,20H,11H2,1-2H3/t17-/m1/s1. The van der Waals surface area contributed by atoms with Gasteiger partial charge in [-0.25, -0.2) is 21.2 Å². The fraction of sp³-hybridized carbons (Fsp3) is 0.235. The summed E-state index contributed by atoms with van der Waals surface area (Å²) in [5.74, 6) is -0.532. The van der Waals surface area contributed by atoms with Crippen LogP contribution in [-0.4, -0.2) is 39.5 Å². The molecule has 1 heterocycles. The van der Waals surface area contributed by atoms with Crippen molar-refractivity contribution in [1.82, 2.24) is 4.41 Å². The molecule has 0 aromatic heterocycles. The maximum Gasteiger partial charge on any atom is 0.247 e. The van der Waals surface area contributed by atoms with Crippen LogP contribution in [-0.2, 0) is 20.0 Å². The summed E-state index contributed by atoms with van der Waals surface area (Å²) in [5.41, 5.74) is 1.27. The number of benzene rings is 2. The Morgan fingerprint density at radius 1 is 1.04 bits per heavy atom. The predicted molar refractivity (Wildman–Crippen MR) is 102 cm³/mol. The lowest BCUT2D eigenvalue weighted by molar-refractivity contribution is 0.365. The largest absolute Gasteiger partial charge is 0.283 e. The van der Waals surface area contributed by atoms with Gasteiger partial charge in [-0.2, -0.15) is 9.52 Å². The van der Waals surface area contributed by atoms with Crippen LogP contribution in [0.5, 0.6) is 0 Å².